The molecule has 0 bridgehead atoms. The molecule has 5 heterocycles. The van der Waals surface area contributed by atoms with Gasteiger partial charge in [-0.15, -0.1) is 0 Å². The fourth-order valence-electron chi connectivity index (χ4n) is 3.88. The maximum Gasteiger partial charge on any atom is 0.347 e. The molecule has 3 fully saturated rings. The van der Waals surface area contributed by atoms with Gasteiger partial charge in [-0.25, -0.2) is 4.79 Å². The van der Waals surface area contributed by atoms with Crippen molar-refractivity contribution in [2.24, 2.45) is 4.99 Å². The fourth-order valence-corrected chi connectivity index (χ4v) is 3.88. The highest BCUT2D eigenvalue weighted by molar-refractivity contribution is 5.95. The Hall–Kier alpha value is -2.73. The van der Waals surface area contributed by atoms with Gasteiger partial charge in [-0.05, 0) is 0 Å². The second kappa shape index (κ2) is 9.26. The number of aliphatic imine (C=N–C) groups is 1. The summed E-state index contributed by atoms with van der Waals surface area (Å²) in [6, 6.07) is 0.349. The first-order valence-corrected chi connectivity index (χ1v) is 10.1. The van der Waals surface area contributed by atoms with Crippen molar-refractivity contribution in [3.63, 3.8) is 0 Å². The van der Waals surface area contributed by atoms with E-state index in [1.165, 1.54) is 0 Å². The monoisotopic (exact) mass is 472 g/mol. The molecule has 182 valence electrons. The second-order valence-corrected chi connectivity index (χ2v) is 7.72. The Morgan fingerprint density at radius 2 is 1.73 bits per heavy atom. The minimum absolute atomic E-state index is 0.229. The van der Waals surface area contributed by atoms with Gasteiger partial charge in [0.25, 0.3) is 11.6 Å². The first-order valence-electron chi connectivity index (χ1n) is 10.1. The topological polar surface area (TPSA) is 236 Å². The van der Waals surface area contributed by atoms with Crippen LogP contribution in [0, 0.1) is 5.41 Å². The largest absolute Gasteiger partial charge is 0.454 e. The number of nitrogens with zero attached hydrogens (tertiary/aromatic N) is 4. The van der Waals surface area contributed by atoms with Gasteiger partial charge in [0.15, 0.2) is 18.6 Å². The molecule has 8 atom stereocenters. The SMILES string of the molecule is N=C1CCN2C(=N1)O[C@@H]1C(O)[C@@H](CO)O[C@H]12.O=c1cnn([C@@H]2O[C@H](CO)C(O)[C@@H]2O)c(=O)[nH]1. The van der Waals surface area contributed by atoms with E-state index in [0.29, 0.717) is 23.7 Å². The van der Waals surface area contributed by atoms with Crippen LogP contribution in [0.3, 0.4) is 0 Å². The van der Waals surface area contributed by atoms with Crippen LogP contribution < -0.4 is 11.2 Å². The summed E-state index contributed by atoms with van der Waals surface area (Å²) >= 11 is 0. The predicted molar refractivity (Wildman–Crippen MR) is 105 cm³/mol. The summed E-state index contributed by atoms with van der Waals surface area (Å²) in [5.74, 6) is 0.277. The normalized spacial score (nSPS) is 37.1. The van der Waals surface area contributed by atoms with E-state index < -0.39 is 60.7 Å². The Morgan fingerprint density at radius 3 is 2.36 bits per heavy atom. The molecule has 16 nitrogen and oxygen atoms in total. The quantitative estimate of drug-likeness (QED) is 0.219. The average molecular weight is 472 g/mol. The maximum absolute atomic E-state index is 11.4. The van der Waals surface area contributed by atoms with Crippen molar-refractivity contribution in [1.29, 1.82) is 5.41 Å². The van der Waals surface area contributed by atoms with Gasteiger partial charge in [-0.2, -0.15) is 14.8 Å². The van der Waals surface area contributed by atoms with Gasteiger partial charge in [0, 0.05) is 13.0 Å². The van der Waals surface area contributed by atoms with E-state index in [2.05, 4.69) is 10.1 Å². The molecule has 2 unspecified atom stereocenters. The van der Waals surface area contributed by atoms with Gasteiger partial charge in [-0.1, -0.05) is 0 Å². The van der Waals surface area contributed by atoms with Gasteiger partial charge in [0.05, 0.1) is 13.2 Å². The van der Waals surface area contributed by atoms with Crippen LogP contribution in [-0.2, 0) is 14.2 Å². The first-order chi connectivity index (χ1) is 15.7. The van der Waals surface area contributed by atoms with E-state index in [0.717, 1.165) is 6.20 Å². The van der Waals surface area contributed by atoms with E-state index >= 15 is 0 Å². The van der Waals surface area contributed by atoms with Crippen LogP contribution in [0.4, 0.5) is 0 Å². The summed E-state index contributed by atoms with van der Waals surface area (Å²) in [4.78, 5) is 29.9. The summed E-state index contributed by atoms with van der Waals surface area (Å²) in [6.45, 7) is -0.135. The molecule has 0 aliphatic carbocycles. The zero-order chi connectivity index (χ0) is 23.9. The molecule has 0 spiro atoms. The number of aliphatic hydroxyl groups is 5. The van der Waals surface area contributed by atoms with Crippen molar-refractivity contribution in [2.75, 3.05) is 19.8 Å². The highest BCUT2D eigenvalue weighted by Crippen LogP contribution is 2.33. The van der Waals surface area contributed by atoms with Crippen molar-refractivity contribution in [2.45, 2.75) is 55.5 Å². The summed E-state index contributed by atoms with van der Waals surface area (Å²) in [7, 11) is 0. The molecule has 7 N–H and O–H groups in total. The third-order valence-electron chi connectivity index (χ3n) is 5.60. The maximum atomic E-state index is 11.4. The fraction of sp³-hybridized carbons (Fsp3) is 0.706. The lowest BCUT2D eigenvalue weighted by molar-refractivity contribution is -0.0618. The number of hydrogen-bond acceptors (Lipinski definition) is 13. The highest BCUT2D eigenvalue weighted by atomic mass is 16.6. The lowest BCUT2D eigenvalue weighted by Crippen LogP contribution is -2.40. The van der Waals surface area contributed by atoms with Crippen LogP contribution in [-0.4, -0.2) is 120 Å². The van der Waals surface area contributed by atoms with Crippen LogP contribution in [0.15, 0.2) is 20.8 Å². The van der Waals surface area contributed by atoms with Gasteiger partial charge < -0.3 is 39.7 Å². The van der Waals surface area contributed by atoms with Crippen molar-refractivity contribution >= 4 is 11.9 Å². The number of aromatic amines is 1. The molecule has 1 aromatic rings. The number of nitrogens with one attached hydrogen (secondary N) is 2. The molecule has 0 radical (unpaired) electrons. The zero-order valence-corrected chi connectivity index (χ0v) is 17.1. The van der Waals surface area contributed by atoms with Crippen molar-refractivity contribution in [3.05, 3.63) is 27.0 Å². The van der Waals surface area contributed by atoms with Crippen LogP contribution >= 0.6 is 0 Å². The number of aromatic nitrogens is 3. The van der Waals surface area contributed by atoms with Gasteiger partial charge in [0.2, 0.25) is 0 Å². The van der Waals surface area contributed by atoms with Crippen LogP contribution in [0.2, 0.25) is 0 Å². The Kier molecular flexibility index (Phi) is 6.57. The number of ether oxygens (including phenoxy) is 3. The van der Waals surface area contributed by atoms with Crippen molar-refractivity contribution in [3.8, 4) is 0 Å². The van der Waals surface area contributed by atoms with E-state index in [4.69, 9.17) is 29.8 Å². The lowest BCUT2D eigenvalue weighted by atomic mass is 10.1. The minimum atomic E-state index is -1.41. The van der Waals surface area contributed by atoms with Gasteiger partial charge in [-0.3, -0.25) is 20.1 Å². The van der Waals surface area contributed by atoms with E-state index in [1.807, 2.05) is 4.98 Å². The molecule has 0 amide bonds. The summed E-state index contributed by atoms with van der Waals surface area (Å²) in [5.41, 5.74) is -1.55. The number of aliphatic hydroxyl groups excluding tert-OH is 5. The number of amidine groups is 2. The van der Waals surface area contributed by atoms with Crippen LogP contribution in [0.1, 0.15) is 12.6 Å². The highest BCUT2D eigenvalue weighted by Gasteiger charge is 2.54. The number of fused-ring (bicyclic) bond motifs is 3. The Bertz CT molecular complexity index is 1030. The summed E-state index contributed by atoms with van der Waals surface area (Å²) in [6.07, 6.45) is -5.96. The van der Waals surface area contributed by atoms with Crippen LogP contribution in [0.5, 0.6) is 0 Å². The third-order valence-corrected chi connectivity index (χ3v) is 5.60. The molecule has 0 saturated carbocycles. The molecule has 4 aliphatic heterocycles. The summed E-state index contributed by atoms with van der Waals surface area (Å²) < 4.78 is 16.7. The predicted octanol–water partition coefficient (Wildman–Crippen LogP) is -4.95. The van der Waals surface area contributed by atoms with Crippen molar-refractivity contribution < 1.29 is 39.7 Å². The van der Waals surface area contributed by atoms with E-state index in [-0.39, 0.29) is 18.7 Å². The number of H-pyrrole nitrogens is 1. The molecule has 16 heteroatoms. The molecule has 4 aliphatic rings. The van der Waals surface area contributed by atoms with Gasteiger partial charge in [0.1, 0.15) is 42.6 Å². The molecule has 3 saturated heterocycles. The molecular weight excluding hydrogens is 448 g/mol. The van der Waals surface area contributed by atoms with E-state index in [9.17, 15) is 24.9 Å². The number of rotatable bonds is 3. The Labute approximate surface area is 184 Å². The Balaban J connectivity index is 0.000000157. The first kappa shape index (κ1) is 23.4. The average Bonchev–Trinajstić information content (AvgIpc) is 3.39. The minimum Gasteiger partial charge on any atom is -0.454 e. The van der Waals surface area contributed by atoms with E-state index in [1.54, 1.807) is 4.90 Å². The smallest absolute Gasteiger partial charge is 0.347 e. The third kappa shape index (κ3) is 4.29. The molecule has 0 aromatic carbocycles. The standard InChI is InChI=1S/C9H13N3O4.C8H11N3O6/c10-5-1-2-12-8-7(16-9(12)11-5)6(14)4(3-13)15-8;12-2-3-5(14)6(15)7(17-3)11-8(16)10-4(13)1-9-11/h4,6-8,10,13-14H,1-3H2;1,3,5-7,12,14-15H,2H2,(H,10,13,16)/t4-,6?,7-,8-;3-,5?,6+,7-/m11/s1. The molecule has 33 heavy (non-hydrogen) atoms. The second-order valence-electron chi connectivity index (χ2n) is 7.72. The number of hydrogen-bond donors (Lipinski definition) is 7. The molecular formula is C17H24N6O10. The van der Waals surface area contributed by atoms with Crippen LogP contribution in [0.25, 0.3) is 0 Å². The van der Waals surface area contributed by atoms with Crippen molar-refractivity contribution in [1.82, 2.24) is 19.7 Å². The zero-order valence-electron chi connectivity index (χ0n) is 17.1. The lowest BCUT2D eigenvalue weighted by Gasteiger charge is -2.25. The van der Waals surface area contributed by atoms with Gasteiger partial charge >= 0.3 is 5.69 Å². The summed E-state index contributed by atoms with van der Waals surface area (Å²) in [5, 5.41) is 57.7. The Morgan fingerprint density at radius 1 is 1.06 bits per heavy atom. The molecule has 5 rings (SSSR count). The molecule has 1 aromatic heterocycles.